The number of benzene rings is 2. The first kappa shape index (κ1) is 15.9. The number of halogens is 1. The molecule has 2 aromatic rings. The minimum atomic E-state index is -0.509. The second-order valence-electron chi connectivity index (χ2n) is 5.09. The van der Waals surface area contributed by atoms with Crippen molar-refractivity contribution in [2.75, 3.05) is 19.1 Å². The van der Waals surface area contributed by atoms with Gasteiger partial charge in [-0.2, -0.15) is 0 Å². The van der Waals surface area contributed by atoms with Gasteiger partial charge < -0.3 is 14.7 Å². The van der Waals surface area contributed by atoms with Gasteiger partial charge in [-0.05, 0) is 42.8 Å². The van der Waals surface area contributed by atoms with Crippen LogP contribution in [0.4, 0.5) is 5.69 Å². The maximum Gasteiger partial charge on any atom is 0.119 e. The van der Waals surface area contributed by atoms with E-state index in [9.17, 15) is 5.11 Å². The number of aliphatic hydroxyl groups excluding tert-OH is 1. The number of hydrogen-bond acceptors (Lipinski definition) is 3. The fourth-order valence-electron chi connectivity index (χ4n) is 2.34. The average Bonchev–Trinajstić information content (AvgIpc) is 2.47. The standard InChI is InChI=1S/C17H20BrNO2/c1-12(20)16-10-14(18)7-8-17(16)19(2)11-13-5-4-6-15(9-13)21-3/h4-10,12,20H,11H2,1-3H3. The molecule has 0 radical (unpaired) electrons. The summed E-state index contributed by atoms with van der Waals surface area (Å²) in [6, 6.07) is 14.0. The summed E-state index contributed by atoms with van der Waals surface area (Å²) in [7, 11) is 3.69. The molecule has 0 saturated carbocycles. The first-order chi connectivity index (χ1) is 10.0. The van der Waals surface area contributed by atoms with Gasteiger partial charge in [0.05, 0.1) is 13.2 Å². The zero-order valence-corrected chi connectivity index (χ0v) is 14.1. The Morgan fingerprint density at radius 3 is 2.67 bits per heavy atom. The number of aliphatic hydroxyl groups is 1. The van der Waals surface area contributed by atoms with Crippen LogP contribution in [-0.2, 0) is 6.54 Å². The van der Waals surface area contributed by atoms with Crippen molar-refractivity contribution in [1.82, 2.24) is 0 Å². The van der Waals surface area contributed by atoms with Crippen molar-refractivity contribution >= 4 is 21.6 Å². The highest BCUT2D eigenvalue weighted by Gasteiger charge is 2.12. The van der Waals surface area contributed by atoms with Gasteiger partial charge in [0, 0.05) is 29.3 Å². The Labute approximate surface area is 134 Å². The van der Waals surface area contributed by atoms with Crippen molar-refractivity contribution in [3.63, 3.8) is 0 Å². The van der Waals surface area contributed by atoms with Gasteiger partial charge in [0.1, 0.15) is 5.75 Å². The van der Waals surface area contributed by atoms with E-state index in [0.717, 1.165) is 33.6 Å². The molecule has 0 aliphatic heterocycles. The molecule has 3 nitrogen and oxygen atoms in total. The largest absolute Gasteiger partial charge is 0.497 e. The molecule has 4 heteroatoms. The molecule has 2 aromatic carbocycles. The van der Waals surface area contributed by atoms with Gasteiger partial charge in [-0.25, -0.2) is 0 Å². The lowest BCUT2D eigenvalue weighted by molar-refractivity contribution is 0.199. The predicted octanol–water partition coefficient (Wildman–Crippen LogP) is 4.15. The summed E-state index contributed by atoms with van der Waals surface area (Å²) in [5.41, 5.74) is 3.10. The third-order valence-corrected chi connectivity index (χ3v) is 3.90. The summed E-state index contributed by atoms with van der Waals surface area (Å²) < 4.78 is 6.22. The number of ether oxygens (including phenoxy) is 1. The smallest absolute Gasteiger partial charge is 0.119 e. The van der Waals surface area contributed by atoms with E-state index in [0.29, 0.717) is 0 Å². The number of methoxy groups -OCH3 is 1. The molecule has 112 valence electrons. The molecule has 0 saturated heterocycles. The van der Waals surface area contributed by atoms with E-state index < -0.39 is 6.10 Å². The Bertz CT molecular complexity index is 613. The van der Waals surface area contributed by atoms with Crippen molar-refractivity contribution in [1.29, 1.82) is 0 Å². The molecule has 0 fully saturated rings. The SMILES string of the molecule is COc1cccc(CN(C)c2ccc(Br)cc2C(C)O)c1. The minimum Gasteiger partial charge on any atom is -0.497 e. The molecular weight excluding hydrogens is 330 g/mol. The van der Waals surface area contributed by atoms with Crippen LogP contribution in [0.3, 0.4) is 0 Å². The van der Waals surface area contributed by atoms with Crippen LogP contribution in [-0.4, -0.2) is 19.3 Å². The van der Waals surface area contributed by atoms with Crippen LogP contribution in [0.15, 0.2) is 46.9 Å². The van der Waals surface area contributed by atoms with Gasteiger partial charge in [-0.15, -0.1) is 0 Å². The molecule has 0 aliphatic rings. The highest BCUT2D eigenvalue weighted by atomic mass is 79.9. The van der Waals surface area contributed by atoms with Crippen molar-refractivity contribution in [3.05, 3.63) is 58.1 Å². The first-order valence-corrected chi connectivity index (χ1v) is 7.62. The van der Waals surface area contributed by atoms with E-state index in [1.165, 1.54) is 0 Å². The van der Waals surface area contributed by atoms with Gasteiger partial charge >= 0.3 is 0 Å². The maximum absolute atomic E-state index is 9.96. The summed E-state index contributed by atoms with van der Waals surface area (Å²) in [6.45, 7) is 2.53. The first-order valence-electron chi connectivity index (χ1n) is 6.83. The van der Waals surface area contributed by atoms with Crippen molar-refractivity contribution in [2.24, 2.45) is 0 Å². The maximum atomic E-state index is 9.96. The lowest BCUT2D eigenvalue weighted by Gasteiger charge is -2.24. The van der Waals surface area contributed by atoms with Crippen molar-refractivity contribution < 1.29 is 9.84 Å². The van der Waals surface area contributed by atoms with Crippen LogP contribution in [0.1, 0.15) is 24.2 Å². The molecule has 0 aromatic heterocycles. The Morgan fingerprint density at radius 1 is 1.24 bits per heavy atom. The van der Waals surface area contributed by atoms with Gasteiger partial charge in [-0.3, -0.25) is 0 Å². The molecule has 2 rings (SSSR count). The summed E-state index contributed by atoms with van der Waals surface area (Å²) in [5, 5.41) is 9.96. The lowest BCUT2D eigenvalue weighted by atomic mass is 10.1. The molecule has 0 aliphatic carbocycles. The number of nitrogens with zero attached hydrogens (tertiary/aromatic N) is 1. The molecule has 1 atom stereocenters. The van der Waals surface area contributed by atoms with Gasteiger partial charge in [0.2, 0.25) is 0 Å². The fourth-order valence-corrected chi connectivity index (χ4v) is 2.72. The monoisotopic (exact) mass is 349 g/mol. The highest BCUT2D eigenvalue weighted by Crippen LogP contribution is 2.30. The number of rotatable bonds is 5. The second-order valence-corrected chi connectivity index (χ2v) is 6.00. The minimum absolute atomic E-state index is 0.509. The summed E-state index contributed by atoms with van der Waals surface area (Å²) >= 11 is 3.45. The topological polar surface area (TPSA) is 32.7 Å². The van der Waals surface area contributed by atoms with Gasteiger partial charge in [0.25, 0.3) is 0 Å². The predicted molar refractivity (Wildman–Crippen MR) is 89.9 cm³/mol. The third-order valence-electron chi connectivity index (χ3n) is 3.40. The van der Waals surface area contributed by atoms with E-state index in [4.69, 9.17) is 4.74 Å². The molecule has 0 spiro atoms. The average molecular weight is 350 g/mol. The molecule has 0 heterocycles. The van der Waals surface area contributed by atoms with E-state index in [-0.39, 0.29) is 0 Å². The van der Waals surface area contributed by atoms with Crippen LogP contribution in [0.5, 0.6) is 5.75 Å². The van der Waals surface area contributed by atoms with E-state index in [1.54, 1.807) is 14.0 Å². The van der Waals surface area contributed by atoms with E-state index in [1.807, 2.05) is 43.4 Å². The van der Waals surface area contributed by atoms with Crippen molar-refractivity contribution in [3.8, 4) is 5.75 Å². The number of hydrogen-bond donors (Lipinski definition) is 1. The Balaban J connectivity index is 2.25. The molecular formula is C17H20BrNO2. The summed E-state index contributed by atoms with van der Waals surface area (Å²) in [4.78, 5) is 2.13. The molecule has 1 unspecified atom stereocenters. The quantitative estimate of drug-likeness (QED) is 0.880. The Hall–Kier alpha value is -1.52. The fraction of sp³-hybridized carbons (Fsp3) is 0.294. The third kappa shape index (κ3) is 3.99. The van der Waals surface area contributed by atoms with Crippen LogP contribution < -0.4 is 9.64 Å². The molecule has 0 bridgehead atoms. The van der Waals surface area contributed by atoms with E-state index >= 15 is 0 Å². The van der Waals surface area contributed by atoms with Crippen LogP contribution in [0.2, 0.25) is 0 Å². The van der Waals surface area contributed by atoms with E-state index in [2.05, 4.69) is 26.9 Å². The number of anilines is 1. The van der Waals surface area contributed by atoms with Crippen LogP contribution in [0.25, 0.3) is 0 Å². The molecule has 0 amide bonds. The Morgan fingerprint density at radius 2 is 2.00 bits per heavy atom. The lowest BCUT2D eigenvalue weighted by Crippen LogP contribution is -2.18. The van der Waals surface area contributed by atoms with Crippen LogP contribution in [0, 0.1) is 0 Å². The molecule has 1 N–H and O–H groups in total. The summed E-state index contributed by atoms with van der Waals surface area (Å²) in [5.74, 6) is 0.854. The highest BCUT2D eigenvalue weighted by molar-refractivity contribution is 9.10. The van der Waals surface area contributed by atoms with Crippen LogP contribution >= 0.6 is 15.9 Å². The van der Waals surface area contributed by atoms with Gasteiger partial charge in [-0.1, -0.05) is 28.1 Å². The Kier molecular flexibility index (Phi) is 5.26. The van der Waals surface area contributed by atoms with Gasteiger partial charge in [0.15, 0.2) is 0 Å². The normalized spacial score (nSPS) is 12.0. The second kappa shape index (κ2) is 6.96. The molecule has 21 heavy (non-hydrogen) atoms. The summed E-state index contributed by atoms with van der Waals surface area (Å²) in [6.07, 6.45) is -0.509. The van der Waals surface area contributed by atoms with Crippen molar-refractivity contribution in [2.45, 2.75) is 19.6 Å². The zero-order chi connectivity index (χ0) is 15.4. The zero-order valence-electron chi connectivity index (χ0n) is 12.5.